The summed E-state index contributed by atoms with van der Waals surface area (Å²) in [4.78, 5) is 4.05. The first-order valence-electron chi connectivity index (χ1n) is 7.47. The van der Waals surface area contributed by atoms with Gasteiger partial charge in [-0.1, -0.05) is 17.7 Å². The number of aryl methyl sites for hydroxylation is 1. The molecular weight excluding hydrogens is 338 g/mol. The number of aliphatic hydroxyl groups is 2. The largest absolute Gasteiger partial charge is 0.450 e. The number of aliphatic hydroxyl groups excluding tert-OH is 2. The normalized spacial score (nSPS) is 32.8. The Bertz CT molecular complexity index is 731. The molecule has 24 heavy (non-hydrogen) atoms. The summed E-state index contributed by atoms with van der Waals surface area (Å²) in [6.45, 7) is 3.00. The highest BCUT2D eigenvalue weighted by Crippen LogP contribution is 2.29. The molecule has 2 aliphatic rings. The van der Waals surface area contributed by atoms with Gasteiger partial charge in [-0.05, 0) is 19.1 Å². The smallest absolute Gasteiger partial charge is 0.297 e. The molecule has 5 atom stereocenters. The number of aliphatic imine (C=N–C) groups is 1. The summed E-state index contributed by atoms with van der Waals surface area (Å²) in [5, 5.41) is 20.2. The van der Waals surface area contributed by atoms with Crippen molar-refractivity contribution in [3.63, 3.8) is 0 Å². The van der Waals surface area contributed by atoms with E-state index >= 15 is 0 Å². The van der Waals surface area contributed by atoms with Gasteiger partial charge in [0.2, 0.25) is 6.29 Å². The molecule has 0 saturated carbocycles. The zero-order valence-corrected chi connectivity index (χ0v) is 14.0. The third kappa shape index (κ3) is 3.31. The Balaban J connectivity index is 1.67. The van der Waals surface area contributed by atoms with Crippen molar-refractivity contribution in [1.29, 1.82) is 0 Å². The predicted molar refractivity (Wildman–Crippen MR) is 83.0 cm³/mol. The maximum absolute atomic E-state index is 12.2. The summed E-state index contributed by atoms with van der Waals surface area (Å²) in [7, 11) is -3.99. The monoisotopic (exact) mass is 357 g/mol. The number of hydrogen-bond acceptors (Lipinski definition) is 8. The zero-order valence-electron chi connectivity index (χ0n) is 13.2. The van der Waals surface area contributed by atoms with E-state index in [4.69, 9.17) is 13.7 Å². The van der Waals surface area contributed by atoms with Crippen molar-refractivity contribution >= 4 is 16.0 Å². The highest BCUT2D eigenvalue weighted by atomic mass is 32.2. The lowest BCUT2D eigenvalue weighted by Gasteiger charge is -2.37. The molecule has 2 aliphatic heterocycles. The molecule has 1 aromatic rings. The van der Waals surface area contributed by atoms with Crippen LogP contribution in [0.5, 0.6) is 0 Å². The molecule has 2 N–H and O–H groups in total. The molecule has 1 saturated heterocycles. The van der Waals surface area contributed by atoms with E-state index in [1.54, 1.807) is 19.1 Å². The molecule has 0 amide bonds. The minimum Gasteiger partial charge on any atom is -0.450 e. The van der Waals surface area contributed by atoms with E-state index in [2.05, 4.69) is 4.99 Å². The lowest BCUT2D eigenvalue weighted by atomic mass is 9.98. The second-order valence-electron chi connectivity index (χ2n) is 5.83. The number of benzene rings is 1. The van der Waals surface area contributed by atoms with Gasteiger partial charge in [0.05, 0.1) is 11.5 Å². The van der Waals surface area contributed by atoms with Gasteiger partial charge in [-0.15, -0.1) is 0 Å². The molecule has 8 nitrogen and oxygen atoms in total. The van der Waals surface area contributed by atoms with E-state index in [1.807, 2.05) is 6.92 Å². The Hall–Kier alpha value is -1.52. The first kappa shape index (κ1) is 17.3. The van der Waals surface area contributed by atoms with Crippen LogP contribution in [0.4, 0.5) is 0 Å². The van der Waals surface area contributed by atoms with E-state index < -0.39 is 47.4 Å². The molecular formula is C15H19NO7S. The number of nitrogens with zero attached hydrogens (tertiary/aromatic N) is 1. The SMILES string of the molecule is CC1=N[C@@H]2[C@H](O1)O[C@H](COS(=O)(=O)c1ccc(C)cc1)[C@@H](O)[C@@H]2O. The molecule has 0 aromatic heterocycles. The number of ether oxygens (including phenoxy) is 2. The first-order chi connectivity index (χ1) is 11.3. The van der Waals surface area contributed by atoms with Crippen LogP contribution in [0, 0.1) is 6.92 Å². The van der Waals surface area contributed by atoms with Crippen LogP contribution in [0.25, 0.3) is 0 Å². The van der Waals surface area contributed by atoms with Gasteiger partial charge >= 0.3 is 0 Å². The highest BCUT2D eigenvalue weighted by molar-refractivity contribution is 7.86. The van der Waals surface area contributed by atoms with Gasteiger partial charge in [0.25, 0.3) is 10.1 Å². The Labute approximate surface area is 139 Å². The highest BCUT2D eigenvalue weighted by Gasteiger charge is 2.48. The van der Waals surface area contributed by atoms with Gasteiger partial charge < -0.3 is 19.7 Å². The van der Waals surface area contributed by atoms with E-state index in [0.717, 1.165) is 5.56 Å². The fraction of sp³-hybridized carbons (Fsp3) is 0.533. The fourth-order valence-electron chi connectivity index (χ4n) is 2.63. The minimum absolute atomic E-state index is 0.00752. The Morgan fingerprint density at radius 2 is 1.83 bits per heavy atom. The van der Waals surface area contributed by atoms with Gasteiger partial charge in [-0.25, -0.2) is 4.99 Å². The number of fused-ring (bicyclic) bond motifs is 1. The second-order valence-corrected chi connectivity index (χ2v) is 7.45. The number of hydrogen-bond donors (Lipinski definition) is 2. The molecule has 9 heteroatoms. The molecule has 0 spiro atoms. The van der Waals surface area contributed by atoms with Gasteiger partial charge in [-0.2, -0.15) is 8.42 Å². The van der Waals surface area contributed by atoms with Crippen LogP contribution in [0.2, 0.25) is 0 Å². The van der Waals surface area contributed by atoms with Gasteiger partial charge in [0, 0.05) is 6.92 Å². The van der Waals surface area contributed by atoms with Crippen LogP contribution in [0.15, 0.2) is 34.2 Å². The predicted octanol–water partition coefficient (Wildman–Crippen LogP) is -0.0358. The van der Waals surface area contributed by atoms with Gasteiger partial charge in [0.15, 0.2) is 5.90 Å². The zero-order chi connectivity index (χ0) is 17.5. The average molecular weight is 357 g/mol. The van der Waals surface area contributed by atoms with Crippen molar-refractivity contribution in [2.45, 2.75) is 49.4 Å². The van der Waals surface area contributed by atoms with Crippen molar-refractivity contribution in [3.8, 4) is 0 Å². The van der Waals surface area contributed by atoms with E-state index in [0.29, 0.717) is 5.90 Å². The van der Waals surface area contributed by atoms with Gasteiger partial charge in [-0.3, -0.25) is 4.18 Å². The maximum atomic E-state index is 12.2. The van der Waals surface area contributed by atoms with Crippen LogP contribution < -0.4 is 0 Å². The van der Waals surface area contributed by atoms with Crippen LogP contribution in [-0.2, 0) is 23.8 Å². The van der Waals surface area contributed by atoms with Crippen molar-refractivity contribution in [2.24, 2.45) is 4.99 Å². The molecule has 0 unspecified atom stereocenters. The first-order valence-corrected chi connectivity index (χ1v) is 8.87. The third-order valence-corrected chi connectivity index (χ3v) is 5.28. The summed E-state index contributed by atoms with van der Waals surface area (Å²) in [5.74, 6) is 0.338. The van der Waals surface area contributed by atoms with Crippen molar-refractivity contribution in [3.05, 3.63) is 29.8 Å². The summed E-state index contributed by atoms with van der Waals surface area (Å²) < 4.78 is 40.1. The molecule has 2 heterocycles. The van der Waals surface area contributed by atoms with E-state index in [1.165, 1.54) is 12.1 Å². The van der Waals surface area contributed by atoms with Crippen LogP contribution in [0.3, 0.4) is 0 Å². The minimum atomic E-state index is -3.99. The summed E-state index contributed by atoms with van der Waals surface area (Å²) in [6, 6.07) is 5.45. The fourth-order valence-corrected chi connectivity index (χ4v) is 3.55. The van der Waals surface area contributed by atoms with Crippen molar-refractivity contribution in [1.82, 2.24) is 0 Å². The molecule has 3 rings (SSSR count). The number of rotatable bonds is 4. The summed E-state index contributed by atoms with van der Waals surface area (Å²) >= 11 is 0. The van der Waals surface area contributed by atoms with E-state index in [-0.39, 0.29) is 4.90 Å². The lowest BCUT2D eigenvalue weighted by Crippen LogP contribution is -2.57. The molecule has 1 aromatic carbocycles. The Morgan fingerprint density at radius 3 is 2.50 bits per heavy atom. The second kappa shape index (κ2) is 6.41. The van der Waals surface area contributed by atoms with Crippen LogP contribution in [0.1, 0.15) is 12.5 Å². The van der Waals surface area contributed by atoms with E-state index in [9.17, 15) is 18.6 Å². The van der Waals surface area contributed by atoms with Crippen molar-refractivity contribution in [2.75, 3.05) is 6.61 Å². The molecule has 132 valence electrons. The topological polar surface area (TPSA) is 115 Å². The maximum Gasteiger partial charge on any atom is 0.297 e. The summed E-state index contributed by atoms with van der Waals surface area (Å²) in [6.07, 6.45) is -4.48. The molecule has 1 fully saturated rings. The lowest BCUT2D eigenvalue weighted by molar-refractivity contribution is -0.232. The standard InChI is InChI=1S/C15H19NO7S/c1-8-3-5-10(6-4-8)24(19,20)21-7-11-13(17)14(18)12-15(23-11)22-9(2)16-12/h3-6,11-15,17-18H,7H2,1-2H3/t11-,12+,13-,14-,15-/m1/s1. The molecule has 0 bridgehead atoms. The third-order valence-electron chi connectivity index (χ3n) is 3.98. The Morgan fingerprint density at radius 1 is 1.17 bits per heavy atom. The van der Waals surface area contributed by atoms with Gasteiger partial charge in [0.1, 0.15) is 24.4 Å². The molecule has 0 aliphatic carbocycles. The van der Waals surface area contributed by atoms with Crippen LogP contribution >= 0.6 is 0 Å². The van der Waals surface area contributed by atoms with Crippen molar-refractivity contribution < 1.29 is 32.3 Å². The average Bonchev–Trinajstić information content (AvgIpc) is 2.91. The Kier molecular flexibility index (Phi) is 4.63. The van der Waals surface area contributed by atoms with Crippen LogP contribution in [-0.4, -0.2) is 61.8 Å². The quantitative estimate of drug-likeness (QED) is 0.727. The summed E-state index contributed by atoms with van der Waals surface area (Å²) in [5.41, 5.74) is 0.919. The molecule has 0 radical (unpaired) electrons.